The third-order valence-corrected chi connectivity index (χ3v) is 3.36. The molecule has 2 heteroatoms. The molecule has 0 aliphatic carbocycles. The second-order valence-corrected chi connectivity index (χ2v) is 4.62. The lowest BCUT2D eigenvalue weighted by Gasteiger charge is -2.22. The van der Waals surface area contributed by atoms with Crippen molar-refractivity contribution in [1.29, 1.82) is 0 Å². The van der Waals surface area contributed by atoms with Gasteiger partial charge in [-0.3, -0.25) is 4.99 Å². The minimum absolute atomic E-state index is 0.717. The zero-order chi connectivity index (χ0) is 11.1. The van der Waals surface area contributed by atoms with E-state index in [1.54, 1.807) is 0 Å². The molecule has 0 fully saturated rings. The number of rotatable bonds is 7. The van der Waals surface area contributed by atoms with Crippen molar-refractivity contribution < 1.29 is 0 Å². The molecule has 0 aromatic carbocycles. The lowest BCUT2D eigenvalue weighted by molar-refractivity contribution is 0.471. The van der Waals surface area contributed by atoms with Crippen molar-refractivity contribution in [2.75, 3.05) is 20.1 Å². The molecule has 15 heavy (non-hydrogen) atoms. The second-order valence-electron chi connectivity index (χ2n) is 4.62. The summed E-state index contributed by atoms with van der Waals surface area (Å²) in [5, 5.41) is 0. The van der Waals surface area contributed by atoms with Crippen LogP contribution >= 0.6 is 0 Å². The summed E-state index contributed by atoms with van der Waals surface area (Å²) in [5.41, 5.74) is 0. The van der Waals surface area contributed by atoms with E-state index in [-0.39, 0.29) is 0 Å². The van der Waals surface area contributed by atoms with E-state index in [1.807, 2.05) is 0 Å². The molecule has 1 atom stereocenters. The number of unbranched alkanes of at least 4 members (excludes halogenated alkanes) is 3. The van der Waals surface area contributed by atoms with Gasteiger partial charge in [-0.1, -0.05) is 39.5 Å². The van der Waals surface area contributed by atoms with Crippen molar-refractivity contribution in [1.82, 2.24) is 4.90 Å². The van der Waals surface area contributed by atoms with Crippen LogP contribution in [0.4, 0.5) is 0 Å². The van der Waals surface area contributed by atoms with Gasteiger partial charge in [0.2, 0.25) is 0 Å². The van der Waals surface area contributed by atoms with Crippen LogP contribution in [0.1, 0.15) is 52.4 Å². The van der Waals surface area contributed by atoms with Gasteiger partial charge in [0.15, 0.2) is 0 Å². The monoisotopic (exact) mass is 210 g/mol. The Morgan fingerprint density at radius 1 is 1.27 bits per heavy atom. The fraction of sp³-hybridized carbons (Fsp3) is 0.923. The fourth-order valence-electron chi connectivity index (χ4n) is 2.32. The predicted molar refractivity (Wildman–Crippen MR) is 67.5 cm³/mol. The highest BCUT2D eigenvalue weighted by Crippen LogP contribution is 2.19. The van der Waals surface area contributed by atoms with Crippen LogP contribution in [0.5, 0.6) is 0 Å². The van der Waals surface area contributed by atoms with Gasteiger partial charge in [-0.25, -0.2) is 0 Å². The van der Waals surface area contributed by atoms with Gasteiger partial charge < -0.3 is 4.90 Å². The van der Waals surface area contributed by atoms with Crippen LogP contribution in [0.3, 0.4) is 0 Å². The molecule has 0 spiro atoms. The van der Waals surface area contributed by atoms with E-state index >= 15 is 0 Å². The summed E-state index contributed by atoms with van der Waals surface area (Å²) < 4.78 is 0. The molecular formula is C13H26N2. The van der Waals surface area contributed by atoms with E-state index in [0.717, 1.165) is 13.1 Å². The van der Waals surface area contributed by atoms with Gasteiger partial charge in [0.25, 0.3) is 0 Å². The summed E-state index contributed by atoms with van der Waals surface area (Å²) >= 11 is 0. The second kappa shape index (κ2) is 6.86. The Morgan fingerprint density at radius 3 is 2.60 bits per heavy atom. The SMILES string of the molecule is CCCCCCC(CC)C1=NCCN1C. The fourth-order valence-corrected chi connectivity index (χ4v) is 2.32. The number of hydrogen-bond donors (Lipinski definition) is 0. The first kappa shape index (κ1) is 12.5. The number of aliphatic imine (C=N–C) groups is 1. The number of hydrogen-bond acceptors (Lipinski definition) is 2. The predicted octanol–water partition coefficient (Wildman–Crippen LogP) is 3.33. The first-order valence-electron chi connectivity index (χ1n) is 6.55. The lowest BCUT2D eigenvalue weighted by atomic mass is 9.96. The van der Waals surface area contributed by atoms with Crippen LogP contribution in [0.2, 0.25) is 0 Å². The molecule has 1 rings (SSSR count). The molecule has 0 aromatic rings. The molecular weight excluding hydrogens is 184 g/mol. The van der Waals surface area contributed by atoms with Gasteiger partial charge in [-0.2, -0.15) is 0 Å². The molecule has 0 saturated heterocycles. The maximum atomic E-state index is 4.63. The van der Waals surface area contributed by atoms with Crippen molar-refractivity contribution in [2.45, 2.75) is 52.4 Å². The molecule has 0 N–H and O–H groups in total. The summed E-state index contributed by atoms with van der Waals surface area (Å²) in [6.07, 6.45) is 8.06. The van der Waals surface area contributed by atoms with E-state index in [9.17, 15) is 0 Å². The smallest absolute Gasteiger partial charge is 0.102 e. The van der Waals surface area contributed by atoms with E-state index in [1.165, 1.54) is 44.4 Å². The lowest BCUT2D eigenvalue weighted by Crippen LogP contribution is -2.29. The third kappa shape index (κ3) is 3.84. The highest BCUT2D eigenvalue weighted by atomic mass is 15.2. The summed E-state index contributed by atoms with van der Waals surface area (Å²) in [7, 11) is 2.18. The van der Waals surface area contributed by atoms with E-state index in [4.69, 9.17) is 0 Å². The summed E-state index contributed by atoms with van der Waals surface area (Å²) in [6, 6.07) is 0. The molecule has 88 valence electrons. The Labute approximate surface area is 94.8 Å². The van der Waals surface area contributed by atoms with Gasteiger partial charge >= 0.3 is 0 Å². The van der Waals surface area contributed by atoms with Crippen LogP contribution in [0.15, 0.2) is 4.99 Å². The Bertz CT molecular complexity index is 199. The van der Waals surface area contributed by atoms with Crippen LogP contribution in [-0.4, -0.2) is 30.9 Å². The molecule has 1 unspecified atom stereocenters. The maximum Gasteiger partial charge on any atom is 0.102 e. The normalized spacial score (nSPS) is 18.1. The van der Waals surface area contributed by atoms with Gasteiger partial charge in [0.05, 0.1) is 6.54 Å². The highest BCUT2D eigenvalue weighted by Gasteiger charge is 2.20. The molecule has 0 aromatic heterocycles. The standard InChI is InChI=1S/C13H26N2/c1-4-6-7-8-9-12(5-2)13-14-10-11-15(13)3/h12H,4-11H2,1-3H3. The Morgan fingerprint density at radius 2 is 2.07 bits per heavy atom. The van der Waals surface area contributed by atoms with Gasteiger partial charge in [0, 0.05) is 19.5 Å². The zero-order valence-corrected chi connectivity index (χ0v) is 10.6. The average Bonchev–Trinajstić information content (AvgIpc) is 2.65. The number of amidine groups is 1. The first-order chi connectivity index (χ1) is 7.29. The average molecular weight is 210 g/mol. The molecule has 1 aliphatic rings. The van der Waals surface area contributed by atoms with Crippen molar-refractivity contribution in [2.24, 2.45) is 10.9 Å². The molecule has 0 amide bonds. The van der Waals surface area contributed by atoms with Crippen molar-refractivity contribution in [3.63, 3.8) is 0 Å². The Hall–Kier alpha value is -0.530. The highest BCUT2D eigenvalue weighted by molar-refractivity contribution is 5.85. The van der Waals surface area contributed by atoms with Crippen LogP contribution in [-0.2, 0) is 0 Å². The first-order valence-corrected chi connectivity index (χ1v) is 6.55. The van der Waals surface area contributed by atoms with E-state index < -0.39 is 0 Å². The van der Waals surface area contributed by atoms with Gasteiger partial charge in [-0.15, -0.1) is 0 Å². The van der Waals surface area contributed by atoms with Crippen LogP contribution in [0, 0.1) is 5.92 Å². The van der Waals surface area contributed by atoms with Gasteiger partial charge in [-0.05, 0) is 12.8 Å². The number of nitrogens with zero attached hydrogens (tertiary/aromatic N) is 2. The molecule has 0 bridgehead atoms. The Kier molecular flexibility index (Phi) is 5.74. The van der Waals surface area contributed by atoms with Crippen molar-refractivity contribution in [3.05, 3.63) is 0 Å². The third-order valence-electron chi connectivity index (χ3n) is 3.36. The van der Waals surface area contributed by atoms with Crippen LogP contribution in [0.25, 0.3) is 0 Å². The summed E-state index contributed by atoms with van der Waals surface area (Å²) in [6.45, 7) is 6.70. The van der Waals surface area contributed by atoms with Crippen LogP contribution < -0.4 is 0 Å². The molecule has 0 radical (unpaired) electrons. The molecule has 0 saturated carbocycles. The topological polar surface area (TPSA) is 15.6 Å². The Balaban J connectivity index is 2.29. The van der Waals surface area contributed by atoms with Crippen molar-refractivity contribution >= 4 is 5.84 Å². The minimum Gasteiger partial charge on any atom is -0.361 e. The largest absolute Gasteiger partial charge is 0.361 e. The summed E-state index contributed by atoms with van der Waals surface area (Å²) in [5.74, 6) is 2.09. The molecule has 2 nitrogen and oxygen atoms in total. The van der Waals surface area contributed by atoms with E-state index in [0.29, 0.717) is 5.92 Å². The zero-order valence-electron chi connectivity index (χ0n) is 10.6. The number of likely N-dealkylation sites (N-methyl/N-ethyl adjacent to an activating group) is 1. The minimum atomic E-state index is 0.717. The summed E-state index contributed by atoms with van der Waals surface area (Å²) in [4.78, 5) is 6.97. The quantitative estimate of drug-likeness (QED) is 0.589. The maximum absolute atomic E-state index is 4.63. The van der Waals surface area contributed by atoms with Crippen molar-refractivity contribution in [3.8, 4) is 0 Å². The van der Waals surface area contributed by atoms with Gasteiger partial charge in [0.1, 0.15) is 5.84 Å². The van der Waals surface area contributed by atoms with E-state index in [2.05, 4.69) is 30.8 Å². The molecule has 1 aliphatic heterocycles. The molecule has 1 heterocycles.